The molecule has 210 valence electrons. The topological polar surface area (TPSA) is 62.5 Å². The molecule has 2 aliphatic rings. The van der Waals surface area contributed by atoms with Crippen molar-refractivity contribution < 1.29 is 0 Å². The smallest absolute Gasteiger partial charge is 0.164 e. The minimum absolute atomic E-state index is 0.0166. The Hall–Kier alpha value is -5.40. The average molecular weight is 567 g/mol. The SMILES string of the molecule is N#Cc1ccc2c(c1)C1(CCCCC1)c1ccc(-c3cccc(-c4nc(-c5ccccc5)nc(-c5ccccc5)n4)c3)cc1-2. The van der Waals surface area contributed by atoms with Crippen molar-refractivity contribution in [2.45, 2.75) is 37.5 Å². The van der Waals surface area contributed by atoms with Gasteiger partial charge in [-0.05, 0) is 70.5 Å². The van der Waals surface area contributed by atoms with Crippen molar-refractivity contribution in [3.05, 3.63) is 138 Å². The first kappa shape index (κ1) is 26.2. The van der Waals surface area contributed by atoms with E-state index in [4.69, 9.17) is 15.0 Å². The first-order valence-electron chi connectivity index (χ1n) is 15.4. The summed E-state index contributed by atoms with van der Waals surface area (Å²) in [5.74, 6) is 1.96. The zero-order valence-corrected chi connectivity index (χ0v) is 24.4. The Kier molecular flexibility index (Phi) is 6.38. The van der Waals surface area contributed by atoms with E-state index < -0.39 is 0 Å². The second kappa shape index (κ2) is 10.7. The molecule has 1 heterocycles. The number of benzene rings is 5. The summed E-state index contributed by atoms with van der Waals surface area (Å²) < 4.78 is 0. The van der Waals surface area contributed by atoms with E-state index >= 15 is 0 Å². The highest BCUT2D eigenvalue weighted by Crippen LogP contribution is 2.56. The molecule has 2 aliphatic carbocycles. The van der Waals surface area contributed by atoms with Crippen molar-refractivity contribution in [2.24, 2.45) is 0 Å². The van der Waals surface area contributed by atoms with Crippen molar-refractivity contribution >= 4 is 0 Å². The van der Waals surface area contributed by atoms with Crippen LogP contribution in [0.1, 0.15) is 48.8 Å². The summed E-state index contributed by atoms with van der Waals surface area (Å²) in [5, 5.41) is 9.68. The summed E-state index contributed by atoms with van der Waals surface area (Å²) in [6, 6.07) is 44.3. The molecule has 6 aromatic rings. The molecular weight excluding hydrogens is 536 g/mol. The molecule has 4 heteroatoms. The average Bonchev–Trinajstić information content (AvgIpc) is 3.36. The zero-order chi connectivity index (χ0) is 29.5. The molecule has 1 aromatic heterocycles. The fourth-order valence-electron chi connectivity index (χ4n) is 7.22. The Bertz CT molecular complexity index is 1990. The first-order chi connectivity index (χ1) is 21.7. The highest BCUT2D eigenvalue weighted by atomic mass is 15.0. The predicted molar refractivity (Wildman–Crippen MR) is 176 cm³/mol. The van der Waals surface area contributed by atoms with Crippen molar-refractivity contribution in [2.75, 3.05) is 0 Å². The van der Waals surface area contributed by atoms with E-state index in [2.05, 4.69) is 60.7 Å². The van der Waals surface area contributed by atoms with Crippen LogP contribution >= 0.6 is 0 Å². The van der Waals surface area contributed by atoms with E-state index in [0.29, 0.717) is 17.5 Å². The van der Waals surface area contributed by atoms with Gasteiger partial charge in [0.15, 0.2) is 17.5 Å². The summed E-state index contributed by atoms with van der Waals surface area (Å²) in [4.78, 5) is 14.7. The monoisotopic (exact) mass is 566 g/mol. The van der Waals surface area contributed by atoms with Gasteiger partial charge in [0.25, 0.3) is 0 Å². The Labute approximate surface area is 257 Å². The van der Waals surface area contributed by atoms with Gasteiger partial charge in [0, 0.05) is 22.1 Å². The second-order valence-corrected chi connectivity index (χ2v) is 11.9. The standard InChI is InChI=1S/C40H30N4/c41-26-27-17-19-33-34-25-31(18-20-35(34)40(36(33)23-27)21-8-3-9-22-40)30-15-10-16-32(24-30)39-43-37(28-11-4-1-5-12-28)42-38(44-39)29-13-6-2-7-14-29/h1-2,4-7,10-20,23-25H,3,8-9,21-22H2. The van der Waals surface area contributed by atoms with E-state index in [1.807, 2.05) is 66.7 Å². The molecule has 5 aromatic carbocycles. The molecule has 0 saturated heterocycles. The number of rotatable bonds is 4. The van der Waals surface area contributed by atoms with Crippen LogP contribution < -0.4 is 0 Å². The van der Waals surface area contributed by atoms with Crippen molar-refractivity contribution in [3.8, 4) is 62.5 Å². The van der Waals surface area contributed by atoms with Crippen LogP contribution in [0.4, 0.5) is 0 Å². The number of nitrogens with zero attached hydrogens (tertiary/aromatic N) is 4. The molecule has 1 fully saturated rings. The first-order valence-corrected chi connectivity index (χ1v) is 15.4. The van der Waals surface area contributed by atoms with E-state index in [-0.39, 0.29) is 5.41 Å². The fraction of sp³-hybridized carbons (Fsp3) is 0.150. The third kappa shape index (κ3) is 4.41. The van der Waals surface area contributed by atoms with Crippen LogP contribution in [0.3, 0.4) is 0 Å². The molecule has 0 unspecified atom stereocenters. The van der Waals surface area contributed by atoms with Gasteiger partial charge in [0.05, 0.1) is 11.6 Å². The van der Waals surface area contributed by atoms with Gasteiger partial charge >= 0.3 is 0 Å². The highest BCUT2D eigenvalue weighted by molar-refractivity contribution is 5.86. The third-order valence-electron chi connectivity index (χ3n) is 9.35. The predicted octanol–water partition coefficient (Wildman–Crippen LogP) is 9.64. The van der Waals surface area contributed by atoms with Gasteiger partial charge in [-0.2, -0.15) is 5.26 Å². The van der Waals surface area contributed by atoms with Gasteiger partial charge in [0.1, 0.15) is 0 Å². The van der Waals surface area contributed by atoms with Crippen LogP contribution in [0.25, 0.3) is 56.4 Å². The molecular formula is C40H30N4. The Morgan fingerprint density at radius 3 is 1.73 bits per heavy atom. The largest absolute Gasteiger partial charge is 0.208 e. The van der Waals surface area contributed by atoms with Gasteiger partial charge < -0.3 is 0 Å². The van der Waals surface area contributed by atoms with Crippen LogP contribution in [0.15, 0.2) is 121 Å². The van der Waals surface area contributed by atoms with Gasteiger partial charge in [0.2, 0.25) is 0 Å². The number of hydrogen-bond acceptors (Lipinski definition) is 4. The quantitative estimate of drug-likeness (QED) is 0.213. The van der Waals surface area contributed by atoms with Crippen LogP contribution in [-0.2, 0) is 5.41 Å². The van der Waals surface area contributed by atoms with E-state index in [9.17, 15) is 5.26 Å². The molecule has 0 radical (unpaired) electrons. The second-order valence-electron chi connectivity index (χ2n) is 11.9. The molecule has 1 spiro atoms. The number of fused-ring (bicyclic) bond motifs is 5. The normalized spacial score (nSPS) is 14.5. The molecule has 4 nitrogen and oxygen atoms in total. The summed E-state index contributed by atoms with van der Waals surface area (Å²) >= 11 is 0. The molecule has 0 N–H and O–H groups in total. The van der Waals surface area contributed by atoms with Gasteiger partial charge in [-0.1, -0.05) is 116 Å². The van der Waals surface area contributed by atoms with Crippen molar-refractivity contribution in [1.82, 2.24) is 15.0 Å². The van der Waals surface area contributed by atoms with Crippen LogP contribution in [0.5, 0.6) is 0 Å². The summed E-state index contributed by atoms with van der Waals surface area (Å²) in [7, 11) is 0. The Balaban J connectivity index is 1.24. The zero-order valence-electron chi connectivity index (χ0n) is 24.4. The highest BCUT2D eigenvalue weighted by Gasteiger charge is 2.43. The maximum Gasteiger partial charge on any atom is 0.164 e. The maximum atomic E-state index is 9.68. The van der Waals surface area contributed by atoms with E-state index in [1.54, 1.807) is 0 Å². The molecule has 8 rings (SSSR count). The maximum absolute atomic E-state index is 9.68. The molecule has 1 saturated carbocycles. The molecule has 0 atom stereocenters. The summed E-state index contributed by atoms with van der Waals surface area (Å²) in [6.45, 7) is 0. The van der Waals surface area contributed by atoms with Gasteiger partial charge in [-0.3, -0.25) is 0 Å². The van der Waals surface area contributed by atoms with E-state index in [1.165, 1.54) is 41.5 Å². The lowest BCUT2D eigenvalue weighted by Crippen LogP contribution is -2.28. The number of nitriles is 1. The van der Waals surface area contributed by atoms with Gasteiger partial charge in [-0.25, -0.2) is 15.0 Å². The number of hydrogen-bond donors (Lipinski definition) is 0. The lowest BCUT2D eigenvalue weighted by Gasteiger charge is -2.36. The van der Waals surface area contributed by atoms with Gasteiger partial charge in [-0.15, -0.1) is 0 Å². The van der Waals surface area contributed by atoms with Crippen molar-refractivity contribution in [3.63, 3.8) is 0 Å². The van der Waals surface area contributed by atoms with Crippen LogP contribution in [-0.4, -0.2) is 15.0 Å². The minimum Gasteiger partial charge on any atom is -0.208 e. The third-order valence-corrected chi connectivity index (χ3v) is 9.35. The molecule has 0 bridgehead atoms. The molecule has 0 amide bonds. The Morgan fingerprint density at radius 1 is 0.477 bits per heavy atom. The lowest BCUT2D eigenvalue weighted by atomic mass is 9.67. The van der Waals surface area contributed by atoms with Crippen molar-refractivity contribution in [1.29, 1.82) is 5.26 Å². The Morgan fingerprint density at radius 2 is 1.07 bits per heavy atom. The number of aromatic nitrogens is 3. The van der Waals surface area contributed by atoms with E-state index in [0.717, 1.165) is 46.2 Å². The fourth-order valence-corrected chi connectivity index (χ4v) is 7.22. The lowest BCUT2D eigenvalue weighted by molar-refractivity contribution is 0.353. The van der Waals surface area contributed by atoms with Crippen LogP contribution in [0.2, 0.25) is 0 Å². The summed E-state index contributed by atoms with van der Waals surface area (Å²) in [5.41, 5.74) is 11.2. The minimum atomic E-state index is 0.0166. The van der Waals surface area contributed by atoms with Crippen LogP contribution in [0, 0.1) is 11.3 Å². The molecule has 0 aliphatic heterocycles. The molecule has 44 heavy (non-hydrogen) atoms. The summed E-state index contributed by atoms with van der Waals surface area (Å²) in [6.07, 6.45) is 6.01.